The minimum atomic E-state index is -3.62. The molecule has 1 amide bonds. The molecule has 1 aromatic heterocycles. The number of sulfonamides is 1. The van der Waals surface area contributed by atoms with Crippen molar-refractivity contribution in [1.29, 1.82) is 0 Å². The van der Waals surface area contributed by atoms with Crippen LogP contribution in [-0.4, -0.2) is 46.4 Å². The summed E-state index contributed by atoms with van der Waals surface area (Å²) in [7, 11) is 0.877. The molecule has 1 heterocycles. The number of para-hydroxylation sites is 1. The lowest BCUT2D eigenvalue weighted by Crippen LogP contribution is -2.24. The molecule has 0 aliphatic rings. The second-order valence-electron chi connectivity index (χ2n) is 7.82. The maximum atomic E-state index is 12.6. The predicted molar refractivity (Wildman–Crippen MR) is 129 cm³/mol. The maximum Gasteiger partial charge on any atom is 0.243 e. The van der Waals surface area contributed by atoms with Crippen LogP contribution >= 0.6 is 0 Å². The van der Waals surface area contributed by atoms with Crippen molar-refractivity contribution >= 4 is 49.2 Å². The highest BCUT2D eigenvalue weighted by Gasteiger charge is 2.20. The van der Waals surface area contributed by atoms with Crippen molar-refractivity contribution in [3.8, 4) is 5.75 Å². The van der Waals surface area contributed by atoms with Crippen LogP contribution in [0.25, 0.3) is 21.9 Å². The van der Waals surface area contributed by atoms with Gasteiger partial charge in [0.05, 0.1) is 24.2 Å². The van der Waals surface area contributed by atoms with E-state index in [1.165, 1.54) is 20.2 Å². The quantitative estimate of drug-likeness (QED) is 0.422. The highest BCUT2D eigenvalue weighted by molar-refractivity contribution is 7.89. The molecule has 9 heteroatoms. The van der Waals surface area contributed by atoms with Gasteiger partial charge in [0.25, 0.3) is 0 Å². The number of ether oxygens (including phenoxy) is 1. The number of hydrogen-bond acceptors (Lipinski definition) is 6. The highest BCUT2D eigenvalue weighted by Crippen LogP contribution is 2.36. The number of hydrogen-bond donors (Lipinski definition) is 2. The molecule has 4 rings (SSSR count). The standard InChI is InChI=1S/C24H25N3O5S/c1-15-9-10-16(11-23(15)33(29,30)27(2)3)26-24(28)14-25-19-13-21-18(12-22(19)31-4)17-7-5-6-8-20(17)32-21/h5-13,25H,14H2,1-4H3,(H,26,28). The molecule has 4 aromatic rings. The molecule has 33 heavy (non-hydrogen) atoms. The zero-order chi connectivity index (χ0) is 23.8. The lowest BCUT2D eigenvalue weighted by atomic mass is 10.1. The number of furan rings is 1. The Balaban J connectivity index is 1.53. The Labute approximate surface area is 192 Å². The second-order valence-corrected chi connectivity index (χ2v) is 9.94. The molecule has 2 N–H and O–H groups in total. The van der Waals surface area contributed by atoms with Gasteiger partial charge >= 0.3 is 0 Å². The Morgan fingerprint density at radius 2 is 1.79 bits per heavy atom. The van der Waals surface area contributed by atoms with Gasteiger partial charge in [0.15, 0.2) is 0 Å². The summed E-state index contributed by atoms with van der Waals surface area (Å²) < 4.78 is 37.6. The van der Waals surface area contributed by atoms with Gasteiger partial charge in [0.2, 0.25) is 15.9 Å². The molecule has 8 nitrogen and oxygen atoms in total. The smallest absolute Gasteiger partial charge is 0.243 e. The summed E-state index contributed by atoms with van der Waals surface area (Å²) in [5.41, 5.74) is 3.06. The van der Waals surface area contributed by atoms with Crippen LogP contribution in [0.5, 0.6) is 5.75 Å². The Morgan fingerprint density at radius 3 is 2.52 bits per heavy atom. The molecule has 0 aliphatic carbocycles. The zero-order valence-electron chi connectivity index (χ0n) is 18.8. The first-order valence-electron chi connectivity index (χ1n) is 10.3. The average Bonchev–Trinajstić information content (AvgIpc) is 3.15. The minimum Gasteiger partial charge on any atom is -0.495 e. The van der Waals surface area contributed by atoms with Gasteiger partial charge in [-0.1, -0.05) is 24.3 Å². The van der Waals surface area contributed by atoms with Crippen LogP contribution < -0.4 is 15.4 Å². The Hall–Kier alpha value is -3.56. The van der Waals surface area contributed by atoms with E-state index in [-0.39, 0.29) is 17.3 Å². The van der Waals surface area contributed by atoms with E-state index in [0.717, 1.165) is 20.7 Å². The van der Waals surface area contributed by atoms with Crippen molar-refractivity contribution in [2.75, 3.05) is 38.4 Å². The van der Waals surface area contributed by atoms with Gasteiger partial charge in [0, 0.05) is 36.6 Å². The van der Waals surface area contributed by atoms with Crippen molar-refractivity contribution in [1.82, 2.24) is 4.31 Å². The number of rotatable bonds is 7. The number of carbonyl (C=O) groups excluding carboxylic acids is 1. The molecule has 172 valence electrons. The SMILES string of the molecule is COc1cc2c(cc1NCC(=O)Nc1ccc(C)c(S(=O)(=O)N(C)C)c1)oc1ccccc12. The van der Waals surface area contributed by atoms with E-state index in [1.54, 1.807) is 32.2 Å². The number of amides is 1. The fourth-order valence-corrected chi connectivity index (χ4v) is 4.74. The topological polar surface area (TPSA) is 101 Å². The molecule has 0 bridgehead atoms. The zero-order valence-corrected chi connectivity index (χ0v) is 19.6. The number of carbonyl (C=O) groups is 1. The summed E-state index contributed by atoms with van der Waals surface area (Å²) in [4.78, 5) is 12.7. The second kappa shape index (κ2) is 8.76. The van der Waals surface area contributed by atoms with Crippen LogP contribution in [0.3, 0.4) is 0 Å². The van der Waals surface area contributed by atoms with Gasteiger partial charge in [-0.3, -0.25) is 4.79 Å². The third-order valence-corrected chi connectivity index (χ3v) is 7.33. The third kappa shape index (κ3) is 4.37. The lowest BCUT2D eigenvalue weighted by molar-refractivity contribution is -0.114. The summed E-state index contributed by atoms with van der Waals surface area (Å²) >= 11 is 0. The van der Waals surface area contributed by atoms with Gasteiger partial charge in [0.1, 0.15) is 16.9 Å². The van der Waals surface area contributed by atoms with Crippen molar-refractivity contribution < 1.29 is 22.4 Å². The molecular formula is C24H25N3O5S. The molecule has 0 aliphatic heterocycles. The van der Waals surface area contributed by atoms with E-state index in [2.05, 4.69) is 10.6 Å². The lowest BCUT2D eigenvalue weighted by Gasteiger charge is -2.15. The number of benzene rings is 3. The normalized spacial score (nSPS) is 11.8. The van der Waals surface area contributed by atoms with Crippen LogP contribution in [0.4, 0.5) is 11.4 Å². The molecule has 0 fully saturated rings. The van der Waals surface area contributed by atoms with Gasteiger partial charge in [-0.2, -0.15) is 0 Å². The van der Waals surface area contributed by atoms with E-state index >= 15 is 0 Å². The Kier molecular flexibility index (Phi) is 6.01. The first-order valence-corrected chi connectivity index (χ1v) is 11.7. The number of nitrogens with one attached hydrogen (secondary N) is 2. The molecule has 0 unspecified atom stereocenters. The van der Waals surface area contributed by atoms with E-state index in [4.69, 9.17) is 9.15 Å². The largest absolute Gasteiger partial charge is 0.495 e. The molecule has 0 saturated heterocycles. The highest BCUT2D eigenvalue weighted by atomic mass is 32.2. The summed E-state index contributed by atoms with van der Waals surface area (Å²) in [6.45, 7) is 1.66. The van der Waals surface area contributed by atoms with Gasteiger partial charge in [-0.05, 0) is 36.8 Å². The molecule has 0 radical (unpaired) electrons. The summed E-state index contributed by atoms with van der Waals surface area (Å²) in [6, 6.07) is 16.2. The number of fused-ring (bicyclic) bond motifs is 3. The molecule has 0 atom stereocenters. The Morgan fingerprint density at radius 1 is 1.03 bits per heavy atom. The summed E-state index contributed by atoms with van der Waals surface area (Å²) in [5.74, 6) is 0.246. The van der Waals surface area contributed by atoms with Crippen molar-refractivity contribution in [3.05, 3.63) is 60.2 Å². The van der Waals surface area contributed by atoms with E-state index in [0.29, 0.717) is 28.3 Å². The fourth-order valence-electron chi connectivity index (χ4n) is 3.59. The fraction of sp³-hybridized carbons (Fsp3) is 0.208. The van der Waals surface area contributed by atoms with E-state index < -0.39 is 10.0 Å². The number of nitrogens with zero attached hydrogens (tertiary/aromatic N) is 1. The van der Waals surface area contributed by atoms with E-state index in [9.17, 15) is 13.2 Å². The average molecular weight is 468 g/mol. The number of anilines is 2. The number of methoxy groups -OCH3 is 1. The molecular weight excluding hydrogens is 442 g/mol. The number of aryl methyl sites for hydroxylation is 1. The summed E-state index contributed by atoms with van der Waals surface area (Å²) in [5, 5.41) is 7.72. The summed E-state index contributed by atoms with van der Waals surface area (Å²) in [6.07, 6.45) is 0. The molecule has 3 aromatic carbocycles. The maximum absolute atomic E-state index is 12.6. The van der Waals surface area contributed by atoms with Crippen LogP contribution in [0.1, 0.15) is 5.56 Å². The predicted octanol–water partition coefficient (Wildman–Crippen LogP) is 4.20. The monoisotopic (exact) mass is 467 g/mol. The molecule has 0 spiro atoms. The van der Waals surface area contributed by atoms with Crippen molar-refractivity contribution in [2.24, 2.45) is 0 Å². The minimum absolute atomic E-state index is 0.0499. The van der Waals surface area contributed by atoms with Crippen LogP contribution in [0, 0.1) is 6.92 Å². The van der Waals surface area contributed by atoms with Gasteiger partial charge < -0.3 is 19.8 Å². The van der Waals surface area contributed by atoms with Gasteiger partial charge in [-0.25, -0.2) is 12.7 Å². The van der Waals surface area contributed by atoms with Crippen LogP contribution in [0.2, 0.25) is 0 Å². The Bertz CT molecular complexity index is 1460. The van der Waals surface area contributed by atoms with E-state index in [1.807, 2.05) is 30.3 Å². The van der Waals surface area contributed by atoms with Crippen molar-refractivity contribution in [3.63, 3.8) is 0 Å². The van der Waals surface area contributed by atoms with Crippen LogP contribution in [-0.2, 0) is 14.8 Å². The third-order valence-electron chi connectivity index (χ3n) is 5.37. The first-order chi connectivity index (χ1) is 15.7. The first kappa shape index (κ1) is 22.6. The van der Waals surface area contributed by atoms with Crippen molar-refractivity contribution in [2.45, 2.75) is 11.8 Å². The van der Waals surface area contributed by atoms with Gasteiger partial charge in [-0.15, -0.1) is 0 Å². The molecule has 0 saturated carbocycles. The van der Waals surface area contributed by atoms with Crippen LogP contribution in [0.15, 0.2) is 63.9 Å².